The van der Waals surface area contributed by atoms with Gasteiger partial charge in [0.15, 0.2) is 5.78 Å². The lowest BCUT2D eigenvalue weighted by Crippen LogP contribution is -2.61. The van der Waals surface area contributed by atoms with Crippen LogP contribution >= 0.6 is 0 Å². The fourth-order valence-corrected chi connectivity index (χ4v) is 3.60. The Balaban J connectivity index is 2.58. The molecule has 4 atom stereocenters. The first-order chi connectivity index (χ1) is 8.30. The number of hydrogen-bond donors (Lipinski definition) is 2. The molecule has 100 valence electrons. The van der Waals surface area contributed by atoms with Gasteiger partial charge in [-0.3, -0.25) is 4.79 Å². The average Bonchev–Trinajstić information content (AvgIpc) is 2.24. The molecular formula is C15H22O3. The van der Waals surface area contributed by atoms with Gasteiger partial charge in [-0.15, -0.1) is 0 Å². The summed E-state index contributed by atoms with van der Waals surface area (Å²) in [5.41, 5.74) is 0.298. The number of carbonyl (C=O) groups is 1. The highest BCUT2D eigenvalue weighted by Crippen LogP contribution is 2.48. The van der Waals surface area contributed by atoms with E-state index in [1.165, 1.54) is 0 Å². The van der Waals surface area contributed by atoms with Crippen molar-refractivity contribution in [1.82, 2.24) is 0 Å². The van der Waals surface area contributed by atoms with Crippen LogP contribution in [0.1, 0.15) is 34.1 Å². The molecule has 0 radical (unpaired) electrons. The molecule has 2 rings (SSSR count). The van der Waals surface area contributed by atoms with Crippen molar-refractivity contribution in [2.24, 2.45) is 17.8 Å². The minimum Gasteiger partial charge on any atom is -0.386 e. The maximum atomic E-state index is 12.2. The van der Waals surface area contributed by atoms with Gasteiger partial charge in [0.25, 0.3) is 0 Å². The van der Waals surface area contributed by atoms with Gasteiger partial charge in [0, 0.05) is 5.92 Å². The van der Waals surface area contributed by atoms with E-state index in [1.807, 2.05) is 33.8 Å². The summed E-state index contributed by atoms with van der Waals surface area (Å²) in [7, 11) is 0. The number of fused-ring (bicyclic) bond motifs is 1. The van der Waals surface area contributed by atoms with Crippen molar-refractivity contribution in [2.45, 2.75) is 45.8 Å². The molecule has 0 bridgehead atoms. The van der Waals surface area contributed by atoms with Crippen LogP contribution in [0, 0.1) is 17.8 Å². The molecule has 0 aromatic heterocycles. The van der Waals surface area contributed by atoms with Gasteiger partial charge in [0.2, 0.25) is 0 Å². The Bertz CT molecular complexity index is 433. The second kappa shape index (κ2) is 4.32. The fraction of sp³-hybridized carbons (Fsp3) is 0.667. The zero-order valence-electron chi connectivity index (χ0n) is 11.5. The monoisotopic (exact) mass is 250 g/mol. The first kappa shape index (κ1) is 13.5. The lowest BCUT2D eigenvalue weighted by Gasteiger charge is -2.51. The SMILES string of the molecule is CC1=CC[C@H]2C(C)=CC(=O)[C@@H](C(C)C)[C@]2(O)[C@@H]1O. The van der Waals surface area contributed by atoms with Crippen LogP contribution in [0.15, 0.2) is 23.3 Å². The molecule has 0 aromatic rings. The smallest absolute Gasteiger partial charge is 0.161 e. The standard InChI is InChI=1S/C15H22O3/c1-8(2)13-12(16)7-10(4)11-6-5-9(3)14(17)15(11,13)18/h5,7-8,11,13-14,17-18H,6H2,1-4H3/t11-,13+,14+,15-/m0/s1. The topological polar surface area (TPSA) is 57.5 Å². The third-order valence-corrected chi connectivity index (χ3v) is 4.49. The molecule has 0 fully saturated rings. The highest BCUT2D eigenvalue weighted by Gasteiger charge is 2.56. The molecule has 0 unspecified atom stereocenters. The summed E-state index contributed by atoms with van der Waals surface area (Å²) in [6, 6.07) is 0. The second-order valence-electron chi connectivity index (χ2n) is 6.04. The molecule has 2 aliphatic carbocycles. The largest absolute Gasteiger partial charge is 0.386 e. The predicted octanol–water partition coefficient (Wildman–Crippen LogP) is 1.85. The van der Waals surface area contributed by atoms with Gasteiger partial charge in [-0.2, -0.15) is 0 Å². The molecule has 3 heteroatoms. The second-order valence-corrected chi connectivity index (χ2v) is 6.04. The zero-order chi connectivity index (χ0) is 13.7. The molecule has 3 nitrogen and oxygen atoms in total. The number of hydrogen-bond acceptors (Lipinski definition) is 3. The van der Waals surface area contributed by atoms with Gasteiger partial charge in [0.05, 0.1) is 5.92 Å². The molecule has 18 heavy (non-hydrogen) atoms. The van der Waals surface area contributed by atoms with Crippen LogP contribution in [0.5, 0.6) is 0 Å². The van der Waals surface area contributed by atoms with Gasteiger partial charge >= 0.3 is 0 Å². The Hall–Kier alpha value is -0.930. The van der Waals surface area contributed by atoms with E-state index in [9.17, 15) is 15.0 Å². The van der Waals surface area contributed by atoms with E-state index in [0.717, 1.165) is 11.1 Å². The number of rotatable bonds is 1. The Morgan fingerprint density at radius 1 is 1.33 bits per heavy atom. The molecule has 0 aliphatic heterocycles. The number of allylic oxidation sites excluding steroid dienone is 2. The van der Waals surface area contributed by atoms with Crippen LogP contribution in [-0.4, -0.2) is 27.7 Å². The van der Waals surface area contributed by atoms with Crippen LogP contribution in [0.25, 0.3) is 0 Å². The molecule has 2 N–H and O–H groups in total. The summed E-state index contributed by atoms with van der Waals surface area (Å²) >= 11 is 0. The molecular weight excluding hydrogens is 228 g/mol. The molecule has 0 saturated carbocycles. The summed E-state index contributed by atoms with van der Waals surface area (Å²) in [5, 5.41) is 21.4. The molecule has 0 saturated heterocycles. The van der Waals surface area contributed by atoms with Gasteiger partial charge in [-0.1, -0.05) is 25.5 Å². The predicted molar refractivity (Wildman–Crippen MR) is 69.9 cm³/mol. The van der Waals surface area contributed by atoms with Crippen molar-refractivity contribution in [2.75, 3.05) is 0 Å². The minimum absolute atomic E-state index is 0.00917. The molecule has 0 heterocycles. The van der Waals surface area contributed by atoms with E-state index < -0.39 is 17.6 Å². The number of carbonyl (C=O) groups excluding carboxylic acids is 1. The number of aliphatic hydroxyl groups is 2. The van der Waals surface area contributed by atoms with Gasteiger partial charge < -0.3 is 10.2 Å². The van der Waals surface area contributed by atoms with E-state index in [-0.39, 0.29) is 17.6 Å². The van der Waals surface area contributed by atoms with E-state index in [0.29, 0.717) is 6.42 Å². The van der Waals surface area contributed by atoms with Crippen molar-refractivity contribution in [3.63, 3.8) is 0 Å². The highest BCUT2D eigenvalue weighted by molar-refractivity contribution is 5.95. The molecule has 0 aromatic carbocycles. The zero-order valence-corrected chi connectivity index (χ0v) is 11.5. The lowest BCUT2D eigenvalue weighted by atomic mass is 9.58. The number of ketones is 1. The van der Waals surface area contributed by atoms with Crippen LogP contribution in [0.4, 0.5) is 0 Å². The van der Waals surface area contributed by atoms with Gasteiger partial charge in [0.1, 0.15) is 11.7 Å². The fourth-order valence-electron chi connectivity index (χ4n) is 3.60. The molecule has 2 aliphatic rings. The van der Waals surface area contributed by atoms with Crippen molar-refractivity contribution in [3.8, 4) is 0 Å². The van der Waals surface area contributed by atoms with Crippen molar-refractivity contribution in [1.29, 1.82) is 0 Å². The van der Waals surface area contributed by atoms with Crippen molar-refractivity contribution < 1.29 is 15.0 Å². The van der Waals surface area contributed by atoms with Crippen LogP contribution < -0.4 is 0 Å². The molecule has 0 amide bonds. The number of aliphatic hydroxyl groups excluding tert-OH is 1. The van der Waals surface area contributed by atoms with E-state index in [1.54, 1.807) is 6.08 Å². The normalized spacial score (nSPS) is 40.4. The Kier molecular flexibility index (Phi) is 3.24. The summed E-state index contributed by atoms with van der Waals surface area (Å²) in [6.45, 7) is 7.53. The maximum Gasteiger partial charge on any atom is 0.161 e. The minimum atomic E-state index is -1.34. The van der Waals surface area contributed by atoms with Crippen molar-refractivity contribution >= 4 is 5.78 Å². The van der Waals surface area contributed by atoms with Crippen LogP contribution in [-0.2, 0) is 4.79 Å². The van der Waals surface area contributed by atoms with Gasteiger partial charge in [-0.25, -0.2) is 0 Å². The highest BCUT2D eigenvalue weighted by atomic mass is 16.3. The van der Waals surface area contributed by atoms with E-state index in [2.05, 4.69) is 0 Å². The summed E-state index contributed by atoms with van der Waals surface area (Å²) in [5.74, 6) is -0.726. The quantitative estimate of drug-likeness (QED) is 0.698. The van der Waals surface area contributed by atoms with Crippen LogP contribution in [0.2, 0.25) is 0 Å². The maximum absolute atomic E-state index is 12.2. The average molecular weight is 250 g/mol. The third kappa shape index (κ3) is 1.69. The third-order valence-electron chi connectivity index (χ3n) is 4.49. The summed E-state index contributed by atoms with van der Waals surface area (Å²) in [4.78, 5) is 12.2. The van der Waals surface area contributed by atoms with E-state index >= 15 is 0 Å². The summed E-state index contributed by atoms with van der Waals surface area (Å²) in [6.07, 6.45) is 3.36. The molecule has 0 spiro atoms. The van der Waals surface area contributed by atoms with Crippen molar-refractivity contribution in [3.05, 3.63) is 23.3 Å². The summed E-state index contributed by atoms with van der Waals surface area (Å²) < 4.78 is 0. The Labute approximate surface area is 108 Å². The first-order valence-corrected chi connectivity index (χ1v) is 6.59. The van der Waals surface area contributed by atoms with E-state index in [4.69, 9.17) is 0 Å². The lowest BCUT2D eigenvalue weighted by molar-refractivity contribution is -0.163. The van der Waals surface area contributed by atoms with Crippen LogP contribution in [0.3, 0.4) is 0 Å². The van der Waals surface area contributed by atoms with Gasteiger partial charge in [-0.05, 0) is 37.8 Å². The Morgan fingerprint density at radius 2 is 1.94 bits per heavy atom. The Morgan fingerprint density at radius 3 is 2.50 bits per heavy atom. The first-order valence-electron chi connectivity index (χ1n) is 6.59.